The average molecular weight is 373 g/mol. The summed E-state index contributed by atoms with van der Waals surface area (Å²) in [6.07, 6.45) is 0. The van der Waals surface area contributed by atoms with Crippen molar-refractivity contribution in [2.24, 2.45) is 5.14 Å². The van der Waals surface area contributed by atoms with E-state index in [9.17, 15) is 13.2 Å². The lowest BCUT2D eigenvalue weighted by molar-refractivity contribution is 0.103. The van der Waals surface area contributed by atoms with E-state index in [1.165, 1.54) is 23.5 Å². The fourth-order valence-electron chi connectivity index (χ4n) is 2.23. The van der Waals surface area contributed by atoms with Crippen LogP contribution in [0.4, 0.5) is 5.69 Å². The summed E-state index contributed by atoms with van der Waals surface area (Å²) in [6.45, 7) is 1.76. The lowest BCUT2D eigenvalue weighted by atomic mass is 10.2. The van der Waals surface area contributed by atoms with Gasteiger partial charge in [0.25, 0.3) is 5.91 Å². The van der Waals surface area contributed by atoms with Crippen molar-refractivity contribution in [1.82, 2.24) is 4.98 Å². The Morgan fingerprint density at radius 3 is 2.32 bits per heavy atom. The summed E-state index contributed by atoms with van der Waals surface area (Å²) in [7, 11) is -3.73. The van der Waals surface area contributed by atoms with Crippen molar-refractivity contribution in [2.45, 2.75) is 11.8 Å². The van der Waals surface area contributed by atoms with E-state index in [4.69, 9.17) is 5.14 Å². The Morgan fingerprint density at radius 1 is 1.08 bits per heavy atom. The number of sulfonamides is 1. The average Bonchev–Trinajstić information content (AvgIpc) is 2.97. The van der Waals surface area contributed by atoms with Gasteiger partial charge < -0.3 is 5.32 Å². The first-order valence-electron chi connectivity index (χ1n) is 7.31. The molecule has 2 aromatic carbocycles. The van der Waals surface area contributed by atoms with Gasteiger partial charge >= 0.3 is 0 Å². The number of aryl methyl sites for hydroxylation is 1. The number of primary sulfonamides is 1. The van der Waals surface area contributed by atoms with Crippen molar-refractivity contribution in [3.05, 3.63) is 65.2 Å². The number of amides is 1. The first-order valence-corrected chi connectivity index (χ1v) is 9.68. The van der Waals surface area contributed by atoms with E-state index < -0.39 is 10.0 Å². The Bertz CT molecular complexity index is 1010. The summed E-state index contributed by atoms with van der Waals surface area (Å²) in [6, 6.07) is 15.3. The molecule has 3 aromatic rings. The first kappa shape index (κ1) is 17.3. The maximum Gasteiger partial charge on any atom is 0.267 e. The van der Waals surface area contributed by atoms with E-state index in [1.54, 1.807) is 31.2 Å². The molecule has 3 rings (SSSR count). The molecular formula is C17H15N3O3S2. The Morgan fingerprint density at radius 2 is 1.72 bits per heavy atom. The third-order valence-corrected chi connectivity index (χ3v) is 5.60. The molecule has 0 radical (unpaired) electrons. The number of hydrogen-bond donors (Lipinski definition) is 2. The summed E-state index contributed by atoms with van der Waals surface area (Å²) in [4.78, 5) is 17.4. The summed E-state index contributed by atoms with van der Waals surface area (Å²) >= 11 is 1.25. The summed E-state index contributed by atoms with van der Waals surface area (Å²) in [5.41, 5.74) is 2.04. The molecule has 0 aliphatic heterocycles. The first-order chi connectivity index (χ1) is 11.8. The normalized spacial score (nSPS) is 11.3. The molecular weight excluding hydrogens is 358 g/mol. The zero-order chi connectivity index (χ0) is 18.0. The van der Waals surface area contributed by atoms with E-state index in [1.807, 2.05) is 18.2 Å². The van der Waals surface area contributed by atoms with Crippen molar-refractivity contribution < 1.29 is 13.2 Å². The summed E-state index contributed by atoms with van der Waals surface area (Å²) in [5, 5.41) is 8.56. The predicted molar refractivity (Wildman–Crippen MR) is 98.1 cm³/mol. The number of anilines is 1. The van der Waals surface area contributed by atoms with Crippen molar-refractivity contribution in [3.63, 3.8) is 0 Å². The number of thiazole rings is 1. The van der Waals surface area contributed by atoms with Gasteiger partial charge in [-0.05, 0) is 31.2 Å². The molecule has 0 atom stereocenters. The fourth-order valence-corrected chi connectivity index (χ4v) is 3.71. The van der Waals surface area contributed by atoms with Crippen molar-refractivity contribution in [2.75, 3.05) is 5.32 Å². The van der Waals surface area contributed by atoms with E-state index in [0.29, 0.717) is 21.3 Å². The van der Waals surface area contributed by atoms with Crippen molar-refractivity contribution >= 4 is 33.0 Å². The molecule has 25 heavy (non-hydrogen) atoms. The smallest absolute Gasteiger partial charge is 0.267 e. The largest absolute Gasteiger partial charge is 0.321 e. The summed E-state index contributed by atoms with van der Waals surface area (Å²) in [5.74, 6) is -0.228. The van der Waals surface area contributed by atoms with E-state index in [2.05, 4.69) is 10.3 Å². The van der Waals surface area contributed by atoms with Gasteiger partial charge in [0.15, 0.2) is 0 Å². The van der Waals surface area contributed by atoms with Gasteiger partial charge in [0, 0.05) is 11.3 Å². The summed E-state index contributed by atoms with van der Waals surface area (Å²) < 4.78 is 22.6. The van der Waals surface area contributed by atoms with Crippen LogP contribution in [0.15, 0.2) is 59.5 Å². The molecule has 128 valence electrons. The molecule has 0 bridgehead atoms. The minimum absolute atomic E-state index is 0.0339. The minimum Gasteiger partial charge on any atom is -0.321 e. The van der Waals surface area contributed by atoms with Crippen LogP contribution in [0.5, 0.6) is 0 Å². The molecule has 3 N–H and O–H groups in total. The monoisotopic (exact) mass is 373 g/mol. The minimum atomic E-state index is -3.73. The van der Waals surface area contributed by atoms with Crippen LogP contribution in [0.2, 0.25) is 0 Å². The molecule has 0 saturated carbocycles. The maximum absolute atomic E-state index is 12.4. The second-order valence-electron chi connectivity index (χ2n) is 5.32. The van der Waals surface area contributed by atoms with Gasteiger partial charge in [-0.25, -0.2) is 18.5 Å². The maximum atomic E-state index is 12.4. The van der Waals surface area contributed by atoms with Gasteiger partial charge in [-0.1, -0.05) is 30.3 Å². The van der Waals surface area contributed by atoms with Crippen LogP contribution < -0.4 is 10.5 Å². The third kappa shape index (κ3) is 3.93. The van der Waals surface area contributed by atoms with E-state index in [-0.39, 0.29) is 10.8 Å². The topological polar surface area (TPSA) is 102 Å². The molecule has 1 amide bonds. The molecule has 0 aliphatic carbocycles. The standard InChI is InChI=1S/C17H15N3O3S2/c1-11-15(16(21)20-13-5-3-2-4-6-13)24-17(19-11)12-7-9-14(10-8-12)25(18,22)23/h2-10H,1H3,(H,20,21)(H2,18,22,23). The van der Waals surface area contributed by atoms with Gasteiger partial charge in [-0.3, -0.25) is 4.79 Å². The van der Waals surface area contributed by atoms with Crippen LogP contribution in [-0.2, 0) is 10.0 Å². The van der Waals surface area contributed by atoms with Gasteiger partial charge in [-0.15, -0.1) is 11.3 Å². The van der Waals surface area contributed by atoms with Gasteiger partial charge in [0.2, 0.25) is 10.0 Å². The molecule has 6 nitrogen and oxygen atoms in total. The van der Waals surface area contributed by atoms with Crippen LogP contribution >= 0.6 is 11.3 Å². The lowest BCUT2D eigenvalue weighted by Gasteiger charge is -2.03. The number of benzene rings is 2. The van der Waals surface area contributed by atoms with Crippen LogP contribution in [0, 0.1) is 6.92 Å². The van der Waals surface area contributed by atoms with Crippen LogP contribution in [-0.4, -0.2) is 19.3 Å². The second-order valence-corrected chi connectivity index (χ2v) is 7.88. The lowest BCUT2D eigenvalue weighted by Crippen LogP contribution is -2.11. The number of aromatic nitrogens is 1. The molecule has 1 aromatic heterocycles. The van der Waals surface area contributed by atoms with Crippen molar-refractivity contribution in [1.29, 1.82) is 0 Å². The quantitative estimate of drug-likeness (QED) is 0.734. The van der Waals surface area contributed by atoms with Crippen LogP contribution in [0.1, 0.15) is 15.4 Å². The number of rotatable bonds is 4. The zero-order valence-corrected chi connectivity index (χ0v) is 14.9. The van der Waals surface area contributed by atoms with Crippen LogP contribution in [0.3, 0.4) is 0 Å². The Kier molecular flexibility index (Phi) is 4.67. The van der Waals surface area contributed by atoms with E-state index >= 15 is 0 Å². The molecule has 8 heteroatoms. The number of nitrogens with two attached hydrogens (primary N) is 1. The molecule has 0 aliphatic rings. The molecule has 0 fully saturated rings. The number of nitrogens with one attached hydrogen (secondary N) is 1. The Hall–Kier alpha value is -2.55. The third-order valence-electron chi connectivity index (χ3n) is 3.46. The highest BCUT2D eigenvalue weighted by atomic mass is 32.2. The number of carbonyl (C=O) groups is 1. The molecule has 0 unspecified atom stereocenters. The molecule has 0 spiro atoms. The number of nitrogens with zero attached hydrogens (tertiary/aromatic N) is 1. The number of para-hydroxylation sites is 1. The van der Waals surface area contributed by atoms with Gasteiger partial charge in [0.05, 0.1) is 10.6 Å². The number of carbonyl (C=O) groups excluding carboxylic acids is 1. The SMILES string of the molecule is Cc1nc(-c2ccc(S(N)(=O)=O)cc2)sc1C(=O)Nc1ccccc1. The fraction of sp³-hybridized carbons (Fsp3) is 0.0588. The van der Waals surface area contributed by atoms with Crippen molar-refractivity contribution in [3.8, 4) is 10.6 Å². The molecule has 1 heterocycles. The van der Waals surface area contributed by atoms with Gasteiger partial charge in [-0.2, -0.15) is 0 Å². The van der Waals surface area contributed by atoms with Gasteiger partial charge in [0.1, 0.15) is 9.88 Å². The zero-order valence-electron chi connectivity index (χ0n) is 13.3. The van der Waals surface area contributed by atoms with Crippen LogP contribution in [0.25, 0.3) is 10.6 Å². The van der Waals surface area contributed by atoms with E-state index in [0.717, 1.165) is 5.56 Å². The highest BCUT2D eigenvalue weighted by Gasteiger charge is 2.17. The highest BCUT2D eigenvalue weighted by Crippen LogP contribution is 2.29. The number of hydrogen-bond acceptors (Lipinski definition) is 5. The highest BCUT2D eigenvalue weighted by molar-refractivity contribution is 7.89. The molecule has 0 saturated heterocycles. The second kappa shape index (κ2) is 6.75. The Balaban J connectivity index is 1.86. The Labute approximate surface area is 149 Å². The predicted octanol–water partition coefficient (Wildman–Crippen LogP) is 3.02.